The van der Waals surface area contributed by atoms with Gasteiger partial charge in [-0.25, -0.2) is 4.79 Å². The number of aromatic nitrogens is 1. The van der Waals surface area contributed by atoms with Crippen LogP contribution in [0.1, 0.15) is 69.7 Å². The van der Waals surface area contributed by atoms with Crippen molar-refractivity contribution in [1.29, 1.82) is 5.26 Å². The molecule has 10 rings (SSSR count). The number of hydrogen-bond acceptors (Lipinski definition) is 13. The highest BCUT2D eigenvalue weighted by molar-refractivity contribution is 5.93. The smallest absolute Gasteiger partial charge is 0.347 e. The van der Waals surface area contributed by atoms with Crippen molar-refractivity contribution in [1.82, 2.24) is 19.7 Å². The number of likely N-dealkylation sites (N-methyl/N-ethyl adjacent to an activating group) is 1. The molecule has 14 heteroatoms. The Hall–Kier alpha value is -4.78. The van der Waals surface area contributed by atoms with Gasteiger partial charge in [-0.05, 0) is 92.0 Å². The van der Waals surface area contributed by atoms with E-state index < -0.39 is 69.2 Å². The number of ether oxygens (including phenoxy) is 5. The summed E-state index contributed by atoms with van der Waals surface area (Å²) in [5, 5.41) is 22.4. The summed E-state index contributed by atoms with van der Waals surface area (Å²) >= 11 is 0. The van der Waals surface area contributed by atoms with Gasteiger partial charge in [0.05, 0.1) is 37.4 Å². The number of piperidine rings is 1. The molecule has 12 atom stereocenters. The van der Waals surface area contributed by atoms with E-state index in [1.807, 2.05) is 26.1 Å². The molecule has 1 aromatic heterocycles. The summed E-state index contributed by atoms with van der Waals surface area (Å²) in [6.07, 6.45) is 13.5. The zero-order valence-corrected chi connectivity index (χ0v) is 37.4. The van der Waals surface area contributed by atoms with Crippen molar-refractivity contribution < 1.29 is 43.2 Å². The molecule has 7 heterocycles. The number of benzene rings is 1. The fourth-order valence-corrected chi connectivity index (χ4v) is 14.6. The Balaban J connectivity index is 1.25. The van der Waals surface area contributed by atoms with Gasteiger partial charge in [0.15, 0.2) is 11.8 Å². The molecule has 2 aromatic rings. The van der Waals surface area contributed by atoms with Crippen LogP contribution >= 0.6 is 0 Å². The number of likely N-dealkylation sites (tertiary alicyclic amines) is 1. The molecule has 5 fully saturated rings. The summed E-state index contributed by atoms with van der Waals surface area (Å²) in [6, 6.07) is 7.90. The number of esters is 3. The maximum absolute atomic E-state index is 15.6. The quantitative estimate of drug-likeness (QED) is 0.125. The second-order valence-corrected chi connectivity index (χ2v) is 19.4. The lowest BCUT2D eigenvalue weighted by molar-refractivity contribution is -0.182. The van der Waals surface area contributed by atoms with Crippen LogP contribution in [0.5, 0.6) is 0 Å². The third kappa shape index (κ3) is 5.20. The number of aromatic amines is 1. The first-order valence-corrected chi connectivity index (χ1v) is 22.6. The van der Waals surface area contributed by atoms with Gasteiger partial charge in [-0.15, -0.1) is 0 Å². The SMILES string of the molecule is CC[C@]1(O)C[C@H]2CN(CCc3c([nH]c4ccc(/C=C/C#N)cc34)[C@@](C(=O)OC)(C3C=C4C(=CC3OC)N(C)[C@@]35O[C@]3(C(=O)OC)[C@H](OC(C)=O)[C@]3(CC)C=CCN6CC[C@]45[C@@H]63)C2)C1. The van der Waals surface area contributed by atoms with E-state index in [2.05, 4.69) is 63.0 Å². The first-order chi connectivity index (χ1) is 30.2. The van der Waals surface area contributed by atoms with Crippen LogP contribution in [0, 0.1) is 34.0 Å². The van der Waals surface area contributed by atoms with Crippen molar-refractivity contribution in [3.63, 3.8) is 0 Å². The number of rotatable bonds is 8. The fourth-order valence-electron chi connectivity index (χ4n) is 14.6. The van der Waals surface area contributed by atoms with Gasteiger partial charge >= 0.3 is 17.9 Å². The third-order valence-corrected chi connectivity index (χ3v) is 16.9. The molecule has 2 aliphatic carbocycles. The van der Waals surface area contributed by atoms with Gasteiger partial charge in [0.25, 0.3) is 5.60 Å². The number of allylic oxidation sites excluding steroid dienone is 2. The molecule has 3 unspecified atom stereocenters. The van der Waals surface area contributed by atoms with Crippen LogP contribution in [0.25, 0.3) is 17.0 Å². The van der Waals surface area contributed by atoms with Crippen molar-refractivity contribution in [2.24, 2.45) is 22.7 Å². The largest absolute Gasteiger partial charge is 0.468 e. The molecule has 14 nitrogen and oxygen atoms in total. The zero-order valence-electron chi connectivity index (χ0n) is 37.4. The minimum atomic E-state index is -1.67. The standard InChI is InChI=1S/C49H59N5O9/c1-8-44(58)25-31-26-46(42(56)60-6,39-32(15-20-53(27-31)28-44)33-22-30(12-10-18-50)13-14-36(33)51-39)35-23-34-37(24-38(35)59-5)52(4)49-47(34)17-21-54-19-11-16-45(9-2,40(47)54)41(62-29(3)55)48(49,63-49)43(57)61-7/h10-14,16,22-24,31,35,38,40-41,51,58H,8-9,15,17,19-21,25-28H2,1-7H3/b12-10+/t31-,35?,38?,40+,41-,44+,45-,46+,47-,48+,49+/m1/s1. The number of epoxide rings is 1. The Morgan fingerprint density at radius 1 is 1.08 bits per heavy atom. The highest BCUT2D eigenvalue weighted by Crippen LogP contribution is 2.82. The number of hydrogen-bond donors (Lipinski definition) is 2. The van der Waals surface area contributed by atoms with Crippen molar-refractivity contribution in [2.45, 2.75) is 99.9 Å². The number of carbonyl (C=O) groups excluding carboxylic acids is 3. The molecule has 334 valence electrons. The summed E-state index contributed by atoms with van der Waals surface area (Å²) in [5.41, 5.74) is -1.65. The third-order valence-electron chi connectivity index (χ3n) is 16.9. The molecule has 1 saturated carbocycles. The summed E-state index contributed by atoms with van der Waals surface area (Å²) in [5.74, 6) is -2.24. The fraction of sp³-hybridized carbons (Fsp3) is 0.592. The minimum absolute atomic E-state index is 0.0950. The van der Waals surface area contributed by atoms with Crippen LogP contribution in [0.2, 0.25) is 0 Å². The van der Waals surface area contributed by atoms with Crippen molar-refractivity contribution >= 4 is 34.9 Å². The number of fused-ring (bicyclic) bond motifs is 6. The molecular weight excluding hydrogens is 803 g/mol. The van der Waals surface area contributed by atoms with E-state index in [0.29, 0.717) is 71.2 Å². The number of carbonyl (C=O) groups is 3. The van der Waals surface area contributed by atoms with Gasteiger partial charge in [0.1, 0.15) is 5.41 Å². The van der Waals surface area contributed by atoms with Crippen LogP contribution in [0.15, 0.2) is 59.8 Å². The van der Waals surface area contributed by atoms with Gasteiger partial charge in [0.2, 0.25) is 0 Å². The number of methoxy groups -OCH3 is 3. The van der Waals surface area contributed by atoms with Gasteiger partial charge in [0, 0.05) is 93.0 Å². The van der Waals surface area contributed by atoms with Gasteiger partial charge < -0.3 is 38.7 Å². The second kappa shape index (κ2) is 14.4. The van der Waals surface area contributed by atoms with E-state index in [-0.39, 0.29) is 12.0 Å². The molecule has 4 saturated heterocycles. The summed E-state index contributed by atoms with van der Waals surface area (Å²) < 4.78 is 31.7. The molecular formula is C49H59N5O9. The first-order valence-electron chi connectivity index (χ1n) is 22.6. The van der Waals surface area contributed by atoms with Crippen LogP contribution < -0.4 is 0 Å². The van der Waals surface area contributed by atoms with Crippen LogP contribution in [0.3, 0.4) is 0 Å². The average molecular weight is 862 g/mol. The molecule has 63 heavy (non-hydrogen) atoms. The molecule has 1 aromatic carbocycles. The highest BCUT2D eigenvalue weighted by atomic mass is 16.7. The maximum atomic E-state index is 15.6. The van der Waals surface area contributed by atoms with Crippen LogP contribution in [0.4, 0.5) is 0 Å². The number of aliphatic hydroxyl groups is 1. The molecule has 8 aliphatic rings. The van der Waals surface area contributed by atoms with Crippen molar-refractivity contribution in [3.8, 4) is 6.07 Å². The zero-order chi connectivity index (χ0) is 44.5. The van der Waals surface area contributed by atoms with E-state index in [1.165, 1.54) is 27.2 Å². The molecule has 0 radical (unpaired) electrons. The molecule has 2 spiro atoms. The molecule has 2 bridgehead atoms. The van der Waals surface area contributed by atoms with Crippen LogP contribution in [-0.4, -0.2) is 139 Å². The topological polar surface area (TPSA) is 170 Å². The van der Waals surface area contributed by atoms with E-state index in [9.17, 15) is 20.0 Å². The molecule has 2 N–H and O–H groups in total. The predicted octanol–water partition coefficient (Wildman–Crippen LogP) is 4.54. The highest BCUT2D eigenvalue weighted by Gasteiger charge is 2.99. The number of nitrogens with one attached hydrogen (secondary N) is 1. The lowest BCUT2D eigenvalue weighted by Gasteiger charge is -2.58. The maximum Gasteiger partial charge on any atom is 0.347 e. The minimum Gasteiger partial charge on any atom is -0.468 e. The van der Waals surface area contributed by atoms with Crippen molar-refractivity contribution in [2.75, 3.05) is 61.1 Å². The lowest BCUT2D eigenvalue weighted by atomic mass is 9.48. The second-order valence-electron chi connectivity index (χ2n) is 19.4. The van der Waals surface area contributed by atoms with E-state index in [0.717, 1.165) is 39.0 Å². The summed E-state index contributed by atoms with van der Waals surface area (Å²) in [4.78, 5) is 54.0. The number of nitriles is 1. The Kier molecular flexibility index (Phi) is 9.62. The van der Waals surface area contributed by atoms with Crippen LogP contribution in [-0.2, 0) is 49.9 Å². The van der Waals surface area contributed by atoms with E-state index >= 15 is 4.79 Å². The van der Waals surface area contributed by atoms with E-state index in [1.54, 1.807) is 13.2 Å². The van der Waals surface area contributed by atoms with Gasteiger partial charge in [-0.2, -0.15) is 5.26 Å². The normalized spacial score (nSPS) is 40.8. The van der Waals surface area contributed by atoms with Gasteiger partial charge in [-0.3, -0.25) is 19.4 Å². The number of H-pyrrole nitrogens is 1. The number of nitrogens with zero attached hydrogens (tertiary/aromatic N) is 4. The predicted molar refractivity (Wildman–Crippen MR) is 231 cm³/mol. The Morgan fingerprint density at radius 3 is 2.57 bits per heavy atom. The monoisotopic (exact) mass is 861 g/mol. The Labute approximate surface area is 368 Å². The molecule has 0 amide bonds. The summed E-state index contributed by atoms with van der Waals surface area (Å²) in [6.45, 7) is 8.78. The lowest BCUT2D eigenvalue weighted by Crippen LogP contribution is -2.73. The Bertz CT molecular complexity index is 2470. The van der Waals surface area contributed by atoms with E-state index in [4.69, 9.17) is 23.7 Å². The molecule has 6 aliphatic heterocycles. The Morgan fingerprint density at radius 2 is 1.87 bits per heavy atom. The average Bonchev–Trinajstić information content (AvgIpc) is 3.53. The van der Waals surface area contributed by atoms with Gasteiger partial charge in [-0.1, -0.05) is 38.1 Å². The summed E-state index contributed by atoms with van der Waals surface area (Å²) in [7, 11) is 6.42. The first kappa shape index (κ1) is 42.2. The van der Waals surface area contributed by atoms with Crippen molar-refractivity contribution in [3.05, 3.63) is 76.7 Å².